The Labute approximate surface area is 86.2 Å². The third kappa shape index (κ3) is 3.64. The molecule has 0 aromatic carbocycles. The highest BCUT2D eigenvalue weighted by atomic mass is 16.2. The molecule has 0 aromatic rings. The average molecular weight is 199 g/mol. The van der Waals surface area contributed by atoms with Crippen LogP contribution in [0, 0.1) is 0 Å². The molecule has 4 heteroatoms. The van der Waals surface area contributed by atoms with Crippen LogP contribution in [-0.2, 0) is 4.79 Å². The third-order valence-corrected chi connectivity index (χ3v) is 2.71. The van der Waals surface area contributed by atoms with Gasteiger partial charge in [0, 0.05) is 39.6 Å². The summed E-state index contributed by atoms with van der Waals surface area (Å²) in [5.41, 5.74) is 0. The van der Waals surface area contributed by atoms with Gasteiger partial charge in [0.2, 0.25) is 5.91 Å². The quantitative estimate of drug-likeness (QED) is 0.681. The highest BCUT2D eigenvalue weighted by molar-refractivity contribution is 5.73. The predicted octanol–water partition coefficient (Wildman–Crippen LogP) is -0.240. The van der Waals surface area contributed by atoms with Crippen molar-refractivity contribution in [3.63, 3.8) is 0 Å². The lowest BCUT2D eigenvalue weighted by Gasteiger charge is -2.20. The van der Waals surface area contributed by atoms with Crippen LogP contribution >= 0.6 is 0 Å². The number of hydrogen-bond donors (Lipinski definition) is 1. The lowest BCUT2D eigenvalue weighted by molar-refractivity contribution is -0.128. The van der Waals surface area contributed by atoms with Gasteiger partial charge in [-0.1, -0.05) is 0 Å². The number of carbonyl (C=O) groups excluding carboxylic acids is 1. The summed E-state index contributed by atoms with van der Waals surface area (Å²) in [6.07, 6.45) is 1.10. The van der Waals surface area contributed by atoms with Crippen molar-refractivity contribution in [2.45, 2.75) is 13.3 Å². The van der Waals surface area contributed by atoms with Gasteiger partial charge in [0.25, 0.3) is 0 Å². The fraction of sp³-hybridized carbons (Fsp3) is 0.900. The zero-order valence-electron chi connectivity index (χ0n) is 9.25. The van der Waals surface area contributed by atoms with Gasteiger partial charge >= 0.3 is 0 Å². The van der Waals surface area contributed by atoms with Crippen LogP contribution in [0.4, 0.5) is 0 Å². The minimum atomic E-state index is 0.209. The van der Waals surface area contributed by atoms with Crippen molar-refractivity contribution >= 4 is 5.91 Å². The van der Waals surface area contributed by atoms with Crippen LogP contribution < -0.4 is 5.32 Å². The van der Waals surface area contributed by atoms with E-state index >= 15 is 0 Å². The Balaban J connectivity index is 2.29. The number of rotatable bonds is 3. The van der Waals surface area contributed by atoms with Crippen LogP contribution in [0.1, 0.15) is 13.3 Å². The van der Waals surface area contributed by atoms with Crippen molar-refractivity contribution in [2.75, 3.05) is 46.3 Å². The molecule has 1 heterocycles. The Morgan fingerprint density at radius 1 is 1.29 bits per heavy atom. The topological polar surface area (TPSA) is 35.6 Å². The van der Waals surface area contributed by atoms with Crippen LogP contribution in [0.25, 0.3) is 0 Å². The van der Waals surface area contributed by atoms with Crippen LogP contribution in [0.15, 0.2) is 0 Å². The molecule has 0 atom stereocenters. The van der Waals surface area contributed by atoms with Crippen molar-refractivity contribution < 1.29 is 4.79 Å². The summed E-state index contributed by atoms with van der Waals surface area (Å²) in [7, 11) is 1.97. The number of carbonyl (C=O) groups is 1. The molecule has 82 valence electrons. The Bertz CT molecular complexity index is 184. The maximum absolute atomic E-state index is 11.2. The number of nitrogens with zero attached hydrogens (tertiary/aromatic N) is 2. The van der Waals surface area contributed by atoms with E-state index in [-0.39, 0.29) is 5.91 Å². The molecule has 0 radical (unpaired) electrons. The molecule has 1 N–H and O–H groups in total. The lowest BCUT2D eigenvalue weighted by atomic mass is 10.4. The summed E-state index contributed by atoms with van der Waals surface area (Å²) in [5, 5.41) is 3.15. The maximum Gasteiger partial charge on any atom is 0.219 e. The molecule has 1 aliphatic heterocycles. The summed E-state index contributed by atoms with van der Waals surface area (Å²) < 4.78 is 0. The number of likely N-dealkylation sites (N-methyl/N-ethyl adjacent to an activating group) is 1. The second-order valence-electron chi connectivity index (χ2n) is 3.80. The first-order valence-electron chi connectivity index (χ1n) is 5.36. The fourth-order valence-electron chi connectivity index (χ4n) is 1.78. The Morgan fingerprint density at radius 3 is 2.71 bits per heavy atom. The molecule has 14 heavy (non-hydrogen) atoms. The Kier molecular flexibility index (Phi) is 4.90. The summed E-state index contributed by atoms with van der Waals surface area (Å²) >= 11 is 0. The molecular formula is C10H21N3O. The maximum atomic E-state index is 11.2. The zero-order chi connectivity index (χ0) is 10.4. The van der Waals surface area contributed by atoms with E-state index in [1.54, 1.807) is 6.92 Å². The standard InChI is InChI=1S/C10H21N3O/c1-10(14)13-6-3-5-12(8-9-13)7-4-11-2/h11H,3-9H2,1-2H3. The number of amides is 1. The normalized spacial score (nSPS) is 19.4. The van der Waals surface area contributed by atoms with Crippen molar-refractivity contribution in [3.05, 3.63) is 0 Å². The minimum Gasteiger partial charge on any atom is -0.342 e. The highest BCUT2D eigenvalue weighted by Gasteiger charge is 2.15. The smallest absolute Gasteiger partial charge is 0.219 e. The van der Waals surface area contributed by atoms with Crippen LogP contribution in [0.5, 0.6) is 0 Å². The van der Waals surface area contributed by atoms with E-state index in [1.165, 1.54) is 0 Å². The summed E-state index contributed by atoms with van der Waals surface area (Å²) in [6.45, 7) is 7.71. The van der Waals surface area contributed by atoms with Gasteiger partial charge in [0.15, 0.2) is 0 Å². The van der Waals surface area contributed by atoms with Crippen molar-refractivity contribution in [1.29, 1.82) is 0 Å². The predicted molar refractivity (Wildman–Crippen MR) is 57.2 cm³/mol. The number of hydrogen-bond acceptors (Lipinski definition) is 3. The summed E-state index contributed by atoms with van der Waals surface area (Å²) in [5.74, 6) is 0.209. The molecule has 1 aliphatic rings. The molecule has 0 bridgehead atoms. The lowest BCUT2D eigenvalue weighted by Crippen LogP contribution is -2.36. The zero-order valence-corrected chi connectivity index (χ0v) is 9.25. The SMILES string of the molecule is CNCCN1CCCN(C(C)=O)CC1. The molecule has 0 aromatic heterocycles. The van der Waals surface area contributed by atoms with Gasteiger partial charge in [-0.25, -0.2) is 0 Å². The van der Waals surface area contributed by atoms with Crippen molar-refractivity contribution in [2.24, 2.45) is 0 Å². The van der Waals surface area contributed by atoms with E-state index in [0.717, 1.165) is 45.7 Å². The monoisotopic (exact) mass is 199 g/mol. The third-order valence-electron chi connectivity index (χ3n) is 2.71. The Hall–Kier alpha value is -0.610. The second kappa shape index (κ2) is 5.98. The molecule has 0 saturated carbocycles. The van der Waals surface area contributed by atoms with Gasteiger partial charge in [-0.05, 0) is 20.0 Å². The van der Waals surface area contributed by atoms with Gasteiger partial charge in [-0.2, -0.15) is 0 Å². The molecule has 0 spiro atoms. The van der Waals surface area contributed by atoms with Gasteiger partial charge < -0.3 is 15.1 Å². The minimum absolute atomic E-state index is 0.209. The average Bonchev–Trinajstić information content (AvgIpc) is 2.39. The van der Waals surface area contributed by atoms with Crippen molar-refractivity contribution in [3.8, 4) is 0 Å². The summed E-state index contributed by atoms with van der Waals surface area (Å²) in [4.78, 5) is 15.5. The molecule has 1 saturated heterocycles. The number of nitrogens with one attached hydrogen (secondary N) is 1. The molecule has 1 amide bonds. The molecular weight excluding hydrogens is 178 g/mol. The van der Waals surface area contributed by atoms with Crippen LogP contribution in [-0.4, -0.2) is 62.0 Å². The Morgan fingerprint density at radius 2 is 2.07 bits per heavy atom. The van der Waals surface area contributed by atoms with Gasteiger partial charge in [-0.3, -0.25) is 4.79 Å². The van der Waals surface area contributed by atoms with E-state index in [4.69, 9.17) is 0 Å². The first-order valence-corrected chi connectivity index (χ1v) is 5.36. The molecule has 1 rings (SSSR count). The first-order chi connectivity index (χ1) is 6.74. The molecule has 4 nitrogen and oxygen atoms in total. The van der Waals surface area contributed by atoms with E-state index in [2.05, 4.69) is 10.2 Å². The molecule has 1 fully saturated rings. The molecule has 0 aliphatic carbocycles. The van der Waals surface area contributed by atoms with E-state index in [9.17, 15) is 4.79 Å². The van der Waals surface area contributed by atoms with Gasteiger partial charge in [0.05, 0.1) is 0 Å². The highest BCUT2D eigenvalue weighted by Crippen LogP contribution is 2.02. The first kappa shape index (κ1) is 11.5. The van der Waals surface area contributed by atoms with Gasteiger partial charge in [0.1, 0.15) is 0 Å². The summed E-state index contributed by atoms with van der Waals surface area (Å²) in [6, 6.07) is 0. The largest absolute Gasteiger partial charge is 0.342 e. The van der Waals surface area contributed by atoms with Gasteiger partial charge in [-0.15, -0.1) is 0 Å². The van der Waals surface area contributed by atoms with Crippen LogP contribution in [0.2, 0.25) is 0 Å². The van der Waals surface area contributed by atoms with E-state index < -0.39 is 0 Å². The van der Waals surface area contributed by atoms with Crippen LogP contribution in [0.3, 0.4) is 0 Å². The fourth-order valence-corrected chi connectivity index (χ4v) is 1.78. The van der Waals surface area contributed by atoms with Crippen molar-refractivity contribution in [1.82, 2.24) is 15.1 Å². The van der Waals surface area contributed by atoms with E-state index in [0.29, 0.717) is 0 Å². The second-order valence-corrected chi connectivity index (χ2v) is 3.80. The molecule has 0 unspecified atom stereocenters. The van der Waals surface area contributed by atoms with E-state index in [1.807, 2.05) is 11.9 Å².